The van der Waals surface area contributed by atoms with Gasteiger partial charge in [0.25, 0.3) is 0 Å². The van der Waals surface area contributed by atoms with Crippen LogP contribution in [0.15, 0.2) is 59.1 Å². The number of amides is 3. The van der Waals surface area contributed by atoms with Gasteiger partial charge in [-0.3, -0.25) is 9.69 Å². The second-order valence-corrected chi connectivity index (χ2v) is 9.90. The molecule has 3 aromatic rings. The molecule has 2 aromatic carbocycles. The fourth-order valence-electron chi connectivity index (χ4n) is 5.16. The lowest BCUT2D eigenvalue weighted by atomic mass is 9.76. The largest absolute Gasteiger partial charge is 0.491 e. The Bertz CT molecular complexity index is 1190. The van der Waals surface area contributed by atoms with Crippen LogP contribution in [0.25, 0.3) is 11.4 Å². The lowest BCUT2D eigenvalue weighted by Crippen LogP contribution is -2.61. The minimum atomic E-state index is -0.301. The maximum absolute atomic E-state index is 13.1. The number of aryl methyl sites for hydroxylation is 1. The molecule has 3 atom stereocenters. The number of benzene rings is 2. The van der Waals surface area contributed by atoms with Crippen LogP contribution >= 0.6 is 0 Å². The van der Waals surface area contributed by atoms with Crippen molar-refractivity contribution in [2.45, 2.75) is 64.0 Å². The molecule has 5 rings (SSSR count). The number of imide groups is 1. The predicted molar refractivity (Wildman–Crippen MR) is 134 cm³/mol. The van der Waals surface area contributed by atoms with Crippen LogP contribution in [0.5, 0.6) is 5.75 Å². The Balaban J connectivity index is 1.18. The van der Waals surface area contributed by atoms with Crippen molar-refractivity contribution in [3.05, 3.63) is 66.1 Å². The van der Waals surface area contributed by atoms with E-state index in [2.05, 4.69) is 27.6 Å². The molecule has 0 spiro atoms. The molecular weight excluding hydrogens is 456 g/mol. The van der Waals surface area contributed by atoms with Gasteiger partial charge >= 0.3 is 6.03 Å². The van der Waals surface area contributed by atoms with E-state index in [-0.39, 0.29) is 35.9 Å². The zero-order valence-corrected chi connectivity index (χ0v) is 20.7. The third kappa shape index (κ3) is 5.27. The van der Waals surface area contributed by atoms with Crippen LogP contribution < -0.4 is 10.1 Å². The molecule has 1 saturated heterocycles. The Morgan fingerprint density at radius 3 is 2.61 bits per heavy atom. The first-order chi connectivity index (χ1) is 17.5. The molecule has 8 nitrogen and oxygen atoms in total. The topological polar surface area (TPSA) is 97.6 Å². The third-order valence-electron chi connectivity index (χ3n) is 6.95. The summed E-state index contributed by atoms with van der Waals surface area (Å²) in [6, 6.07) is 17.2. The number of hydrogen-bond acceptors (Lipinski definition) is 6. The van der Waals surface area contributed by atoms with Crippen molar-refractivity contribution < 1.29 is 18.8 Å². The van der Waals surface area contributed by atoms with Crippen molar-refractivity contribution in [1.82, 2.24) is 20.4 Å². The fraction of sp³-hybridized carbons (Fsp3) is 0.429. The Morgan fingerprint density at radius 2 is 1.86 bits per heavy atom. The highest BCUT2D eigenvalue weighted by Gasteiger charge is 2.45. The summed E-state index contributed by atoms with van der Waals surface area (Å²) in [5, 5.41) is 7.24. The molecular formula is C28H32N4O4. The van der Waals surface area contributed by atoms with E-state index in [1.54, 1.807) is 0 Å². The van der Waals surface area contributed by atoms with Gasteiger partial charge in [0.15, 0.2) is 0 Å². The Labute approximate surface area is 211 Å². The Hall–Kier alpha value is -3.68. The summed E-state index contributed by atoms with van der Waals surface area (Å²) < 4.78 is 11.3. The van der Waals surface area contributed by atoms with E-state index in [4.69, 9.17) is 9.26 Å². The van der Waals surface area contributed by atoms with E-state index in [1.165, 1.54) is 10.5 Å². The van der Waals surface area contributed by atoms with Crippen molar-refractivity contribution in [2.24, 2.45) is 5.92 Å². The first-order valence-electron chi connectivity index (χ1n) is 12.7. The van der Waals surface area contributed by atoms with Gasteiger partial charge in [-0.05, 0) is 75.8 Å². The lowest BCUT2D eigenvalue weighted by molar-refractivity contribution is -0.136. The second kappa shape index (κ2) is 10.5. The molecule has 0 bridgehead atoms. The second-order valence-electron chi connectivity index (χ2n) is 9.90. The summed E-state index contributed by atoms with van der Waals surface area (Å²) in [4.78, 5) is 31.9. The van der Waals surface area contributed by atoms with Crippen molar-refractivity contribution in [3.8, 4) is 17.1 Å². The van der Waals surface area contributed by atoms with Gasteiger partial charge in [0.1, 0.15) is 5.75 Å². The fourth-order valence-corrected chi connectivity index (χ4v) is 5.16. The lowest BCUT2D eigenvalue weighted by Gasteiger charge is -2.41. The zero-order valence-electron chi connectivity index (χ0n) is 20.7. The normalized spacial score (nSPS) is 21.9. The summed E-state index contributed by atoms with van der Waals surface area (Å²) >= 11 is 0. The standard InChI is InChI=1S/C28H32N4O4/c1-18(2)35-22-13-10-20(11-14-22)25-30-26(36-31-25)21-12-15-23-24(17-21)29-28(34)32(27(23)33)16-6-9-19-7-4-3-5-8-19/h3-5,7-8,10-11,13-14,18,21,23-24H,6,9,12,15-17H2,1-2H3,(H,29,34). The van der Waals surface area contributed by atoms with Gasteiger partial charge in [0, 0.05) is 24.1 Å². The van der Waals surface area contributed by atoms with Crippen LogP contribution in [0.2, 0.25) is 0 Å². The summed E-state index contributed by atoms with van der Waals surface area (Å²) in [6.07, 6.45) is 3.75. The molecule has 8 heteroatoms. The average Bonchev–Trinajstić information content (AvgIpc) is 3.37. The molecule has 3 unspecified atom stereocenters. The van der Waals surface area contributed by atoms with Gasteiger partial charge < -0.3 is 14.6 Å². The predicted octanol–water partition coefficient (Wildman–Crippen LogP) is 4.96. The maximum Gasteiger partial charge on any atom is 0.324 e. The summed E-state index contributed by atoms with van der Waals surface area (Å²) in [5.41, 5.74) is 2.06. The molecule has 1 N–H and O–H groups in total. The number of rotatable bonds is 8. The Morgan fingerprint density at radius 1 is 1.08 bits per heavy atom. The maximum atomic E-state index is 13.1. The number of urea groups is 1. The first kappa shape index (κ1) is 24.0. The minimum Gasteiger partial charge on any atom is -0.491 e. The van der Waals surface area contributed by atoms with E-state index < -0.39 is 0 Å². The summed E-state index contributed by atoms with van der Waals surface area (Å²) in [7, 11) is 0. The van der Waals surface area contributed by atoms with Gasteiger partial charge in [0.05, 0.1) is 12.0 Å². The number of carbonyl (C=O) groups is 2. The van der Waals surface area contributed by atoms with Crippen LogP contribution in [0, 0.1) is 5.92 Å². The van der Waals surface area contributed by atoms with Crippen LogP contribution in [0.4, 0.5) is 4.79 Å². The quantitative estimate of drug-likeness (QED) is 0.481. The smallest absolute Gasteiger partial charge is 0.324 e. The molecule has 3 amide bonds. The SMILES string of the molecule is CC(C)Oc1ccc(-c2noc(C3CCC4C(=O)N(CCCc5ccccc5)C(=O)NC4C3)n2)cc1. The molecule has 2 heterocycles. The number of nitrogens with one attached hydrogen (secondary N) is 1. The van der Waals surface area contributed by atoms with Crippen LogP contribution in [0.1, 0.15) is 56.9 Å². The third-order valence-corrected chi connectivity index (χ3v) is 6.95. The molecule has 1 saturated carbocycles. The zero-order chi connectivity index (χ0) is 25.1. The van der Waals surface area contributed by atoms with Crippen molar-refractivity contribution in [3.63, 3.8) is 0 Å². The number of fused-ring (bicyclic) bond motifs is 1. The molecule has 1 aliphatic heterocycles. The number of aromatic nitrogens is 2. The number of hydrogen-bond donors (Lipinski definition) is 1. The molecule has 0 radical (unpaired) electrons. The monoisotopic (exact) mass is 488 g/mol. The van der Waals surface area contributed by atoms with Gasteiger partial charge in [-0.25, -0.2) is 4.79 Å². The Kier molecular flexibility index (Phi) is 7.02. The highest BCUT2D eigenvalue weighted by atomic mass is 16.5. The van der Waals surface area contributed by atoms with E-state index in [1.807, 2.05) is 56.3 Å². The molecule has 2 fully saturated rings. The van der Waals surface area contributed by atoms with Crippen LogP contribution in [-0.4, -0.2) is 45.7 Å². The van der Waals surface area contributed by atoms with Crippen LogP contribution in [0.3, 0.4) is 0 Å². The van der Waals surface area contributed by atoms with E-state index in [9.17, 15) is 9.59 Å². The van der Waals surface area contributed by atoms with E-state index in [0.717, 1.165) is 30.6 Å². The van der Waals surface area contributed by atoms with Gasteiger partial charge in [0.2, 0.25) is 17.6 Å². The molecule has 2 aliphatic rings. The van der Waals surface area contributed by atoms with Crippen LogP contribution in [-0.2, 0) is 11.2 Å². The van der Waals surface area contributed by atoms with E-state index >= 15 is 0 Å². The summed E-state index contributed by atoms with van der Waals surface area (Å²) in [5.74, 6) is 1.61. The highest BCUT2D eigenvalue weighted by Crippen LogP contribution is 2.38. The minimum absolute atomic E-state index is 0.00813. The highest BCUT2D eigenvalue weighted by molar-refractivity contribution is 5.98. The molecule has 1 aromatic heterocycles. The number of ether oxygens (including phenoxy) is 1. The molecule has 188 valence electrons. The molecule has 36 heavy (non-hydrogen) atoms. The van der Waals surface area contributed by atoms with Gasteiger partial charge in [-0.1, -0.05) is 35.5 Å². The first-order valence-corrected chi connectivity index (χ1v) is 12.7. The summed E-state index contributed by atoms with van der Waals surface area (Å²) in [6.45, 7) is 4.40. The average molecular weight is 489 g/mol. The van der Waals surface area contributed by atoms with Crippen molar-refractivity contribution >= 4 is 11.9 Å². The molecule has 1 aliphatic carbocycles. The van der Waals surface area contributed by atoms with Crippen molar-refractivity contribution in [2.75, 3.05) is 6.54 Å². The number of nitrogens with zero attached hydrogens (tertiary/aromatic N) is 3. The number of carbonyl (C=O) groups excluding carboxylic acids is 2. The van der Waals surface area contributed by atoms with Gasteiger partial charge in [-0.15, -0.1) is 0 Å². The van der Waals surface area contributed by atoms with E-state index in [0.29, 0.717) is 31.1 Å². The van der Waals surface area contributed by atoms with Crippen molar-refractivity contribution in [1.29, 1.82) is 0 Å². The van der Waals surface area contributed by atoms with Gasteiger partial charge in [-0.2, -0.15) is 4.98 Å².